The van der Waals surface area contributed by atoms with Gasteiger partial charge in [-0.1, -0.05) is 122 Å². The quantitative estimate of drug-likeness (QED) is 0.154. The Morgan fingerprint density at radius 3 is 1.79 bits per heavy atom. The van der Waals surface area contributed by atoms with Crippen LogP contribution in [0.3, 0.4) is 0 Å². The summed E-state index contributed by atoms with van der Waals surface area (Å²) in [4.78, 5) is 26.5. The van der Waals surface area contributed by atoms with Crippen molar-refractivity contribution in [2.24, 2.45) is 35.5 Å². The SMILES string of the molecule is CC[C@@H](C)[C@@H]1O[C@@H](O)[C@@H](OC(=O)c2ccccc2)C1O[C@H]1OC(COC(=O)c2ccccc2)[C@H](O[C@H]2OC(COCc3ccccc3)[C@H](C)[C@H](C)C2C)[C@H](C)C1C. The van der Waals surface area contributed by atoms with Crippen molar-refractivity contribution in [3.63, 3.8) is 0 Å². The summed E-state index contributed by atoms with van der Waals surface area (Å²) < 4.78 is 51.1. The second-order valence-electron chi connectivity index (χ2n) is 16.2. The summed E-state index contributed by atoms with van der Waals surface area (Å²) in [6.45, 7) is 15.4. The molecule has 0 saturated carbocycles. The van der Waals surface area contributed by atoms with Crippen molar-refractivity contribution in [1.29, 1.82) is 0 Å². The number of rotatable bonds is 15. The smallest absolute Gasteiger partial charge is 0.338 e. The van der Waals surface area contributed by atoms with Crippen LogP contribution in [0.25, 0.3) is 0 Å². The van der Waals surface area contributed by atoms with E-state index in [1.54, 1.807) is 48.5 Å². The van der Waals surface area contributed by atoms with Gasteiger partial charge in [0.1, 0.15) is 18.8 Å². The summed E-state index contributed by atoms with van der Waals surface area (Å²) in [5, 5.41) is 11.1. The van der Waals surface area contributed by atoms with Crippen molar-refractivity contribution in [3.8, 4) is 0 Å². The second-order valence-corrected chi connectivity index (χ2v) is 16.2. The summed E-state index contributed by atoms with van der Waals surface area (Å²) in [5.74, 6) is -1.03. The summed E-state index contributed by atoms with van der Waals surface area (Å²) in [6, 6.07) is 27.5. The molecule has 5 unspecified atom stereocenters. The zero-order valence-corrected chi connectivity index (χ0v) is 34.2. The number of esters is 2. The van der Waals surface area contributed by atoms with E-state index in [4.69, 9.17) is 37.9 Å². The van der Waals surface area contributed by atoms with Gasteiger partial charge >= 0.3 is 11.9 Å². The van der Waals surface area contributed by atoms with Crippen LogP contribution in [0.15, 0.2) is 91.0 Å². The predicted octanol–water partition coefficient (Wildman–Crippen LogP) is 7.45. The Morgan fingerprint density at radius 2 is 1.18 bits per heavy atom. The number of hydrogen-bond donors (Lipinski definition) is 1. The van der Waals surface area contributed by atoms with E-state index in [-0.39, 0.29) is 48.2 Å². The van der Waals surface area contributed by atoms with Gasteiger partial charge in [0.15, 0.2) is 25.0 Å². The van der Waals surface area contributed by atoms with Gasteiger partial charge in [0.2, 0.25) is 0 Å². The summed E-state index contributed by atoms with van der Waals surface area (Å²) in [6.07, 6.45) is -6.18. The van der Waals surface area contributed by atoms with Crippen molar-refractivity contribution < 1.29 is 52.6 Å². The first-order chi connectivity index (χ1) is 27.5. The van der Waals surface area contributed by atoms with Crippen LogP contribution in [-0.2, 0) is 44.5 Å². The van der Waals surface area contributed by atoms with Crippen molar-refractivity contribution in [3.05, 3.63) is 108 Å². The molecule has 15 atom stereocenters. The molecule has 11 nitrogen and oxygen atoms in total. The Kier molecular flexibility index (Phi) is 14.9. The van der Waals surface area contributed by atoms with Crippen LogP contribution in [0.4, 0.5) is 0 Å². The topological polar surface area (TPSA) is 128 Å². The Labute approximate surface area is 337 Å². The van der Waals surface area contributed by atoms with Gasteiger partial charge in [-0.05, 0) is 53.5 Å². The maximum absolute atomic E-state index is 13.3. The first-order valence-corrected chi connectivity index (χ1v) is 20.5. The molecule has 57 heavy (non-hydrogen) atoms. The van der Waals surface area contributed by atoms with Gasteiger partial charge in [0.25, 0.3) is 0 Å². The zero-order valence-electron chi connectivity index (χ0n) is 34.2. The van der Waals surface area contributed by atoms with E-state index in [1.807, 2.05) is 63.2 Å². The normalized spacial score (nSPS) is 34.7. The molecule has 3 aliphatic heterocycles. The van der Waals surface area contributed by atoms with Gasteiger partial charge in [-0.25, -0.2) is 9.59 Å². The van der Waals surface area contributed by atoms with Gasteiger partial charge in [0.05, 0.1) is 42.7 Å². The lowest BCUT2D eigenvalue weighted by Crippen LogP contribution is -2.58. The fraction of sp³-hybridized carbons (Fsp3) is 0.565. The molecule has 3 fully saturated rings. The minimum atomic E-state index is -1.41. The Bertz CT molecular complexity index is 1690. The van der Waals surface area contributed by atoms with E-state index in [2.05, 4.69) is 27.7 Å². The van der Waals surface area contributed by atoms with Crippen LogP contribution in [0, 0.1) is 35.5 Å². The van der Waals surface area contributed by atoms with E-state index in [0.717, 1.165) is 12.0 Å². The highest BCUT2D eigenvalue weighted by Gasteiger charge is 2.53. The van der Waals surface area contributed by atoms with Crippen LogP contribution in [0.5, 0.6) is 0 Å². The lowest BCUT2D eigenvalue weighted by atomic mass is 9.78. The number of benzene rings is 3. The molecule has 0 bridgehead atoms. The zero-order chi connectivity index (χ0) is 40.6. The number of hydrogen-bond acceptors (Lipinski definition) is 11. The third-order valence-electron chi connectivity index (χ3n) is 12.5. The molecular weight excluding hydrogens is 728 g/mol. The van der Waals surface area contributed by atoms with Crippen LogP contribution in [0.1, 0.15) is 81.2 Å². The molecule has 3 heterocycles. The molecular formula is C46H60O11. The van der Waals surface area contributed by atoms with E-state index in [1.165, 1.54) is 0 Å². The highest BCUT2D eigenvalue weighted by atomic mass is 16.7. The maximum atomic E-state index is 13.3. The van der Waals surface area contributed by atoms with Crippen molar-refractivity contribution in [2.75, 3.05) is 13.2 Å². The van der Waals surface area contributed by atoms with Gasteiger partial charge in [-0.2, -0.15) is 0 Å². The number of carbonyl (C=O) groups is 2. The molecule has 1 N–H and O–H groups in total. The summed E-state index contributed by atoms with van der Waals surface area (Å²) in [5.41, 5.74) is 1.86. The third kappa shape index (κ3) is 10.3. The second kappa shape index (κ2) is 19.8. The fourth-order valence-electron chi connectivity index (χ4n) is 7.99. The number of aliphatic hydroxyl groups is 1. The molecule has 0 amide bonds. The van der Waals surface area contributed by atoms with E-state index < -0.39 is 61.3 Å². The first kappa shape index (κ1) is 42.9. The predicted molar refractivity (Wildman–Crippen MR) is 212 cm³/mol. The standard InChI is InChI=1S/C46H60O11/c1-8-27(2)38-40(41(44(49)54-38)55-43(48)35-22-16-11-17-23-35)57-46-32(7)30(5)39(37(53-46)26-51-42(47)34-20-14-10-15-21-34)56-45-31(6)28(3)29(4)36(52-45)25-50-24-33-18-12-9-13-19-33/h9-23,27-32,36-41,44-46,49H,8,24-26H2,1-7H3/t27-,28+,29-,30-,31?,32?,36?,37?,38+,39-,40?,41+,44-,45-,46-/m1/s1. The molecule has 3 saturated heterocycles. The molecule has 3 aromatic rings. The Hall–Kier alpha value is -3.68. The van der Waals surface area contributed by atoms with Gasteiger partial charge < -0.3 is 43.0 Å². The average Bonchev–Trinajstić information content (AvgIpc) is 3.54. The van der Waals surface area contributed by atoms with Gasteiger partial charge in [0, 0.05) is 11.8 Å². The average molecular weight is 789 g/mol. The maximum Gasteiger partial charge on any atom is 0.338 e. The lowest BCUT2D eigenvalue weighted by molar-refractivity contribution is -0.336. The van der Waals surface area contributed by atoms with Crippen LogP contribution in [0.2, 0.25) is 0 Å². The molecule has 310 valence electrons. The van der Waals surface area contributed by atoms with Crippen molar-refractivity contribution in [1.82, 2.24) is 0 Å². The van der Waals surface area contributed by atoms with E-state index in [0.29, 0.717) is 24.3 Å². The first-order valence-electron chi connectivity index (χ1n) is 20.5. The van der Waals surface area contributed by atoms with Crippen molar-refractivity contribution >= 4 is 11.9 Å². The Morgan fingerprint density at radius 1 is 0.632 bits per heavy atom. The molecule has 0 radical (unpaired) electrons. The molecule has 11 heteroatoms. The fourth-order valence-corrected chi connectivity index (χ4v) is 7.99. The van der Waals surface area contributed by atoms with Gasteiger partial charge in [-0.3, -0.25) is 0 Å². The largest absolute Gasteiger partial charge is 0.459 e. The molecule has 3 aromatic carbocycles. The number of carbonyl (C=O) groups excluding carboxylic acids is 2. The van der Waals surface area contributed by atoms with E-state index >= 15 is 0 Å². The molecule has 0 aliphatic carbocycles. The van der Waals surface area contributed by atoms with Crippen molar-refractivity contribution in [2.45, 2.75) is 117 Å². The molecule has 3 aliphatic rings. The number of aliphatic hydroxyl groups excluding tert-OH is 1. The minimum Gasteiger partial charge on any atom is -0.459 e. The van der Waals surface area contributed by atoms with Crippen LogP contribution >= 0.6 is 0 Å². The lowest BCUT2D eigenvalue weighted by Gasteiger charge is -2.49. The van der Waals surface area contributed by atoms with Crippen LogP contribution < -0.4 is 0 Å². The molecule has 0 aromatic heterocycles. The third-order valence-corrected chi connectivity index (χ3v) is 12.5. The minimum absolute atomic E-state index is 0.0426. The highest BCUT2D eigenvalue weighted by molar-refractivity contribution is 5.89. The summed E-state index contributed by atoms with van der Waals surface area (Å²) >= 11 is 0. The highest BCUT2D eigenvalue weighted by Crippen LogP contribution is 2.42. The van der Waals surface area contributed by atoms with E-state index in [9.17, 15) is 14.7 Å². The molecule has 6 rings (SSSR count). The number of ether oxygens (including phenoxy) is 8. The van der Waals surface area contributed by atoms with Gasteiger partial charge in [-0.15, -0.1) is 0 Å². The Balaban J connectivity index is 1.21. The monoisotopic (exact) mass is 788 g/mol. The van der Waals surface area contributed by atoms with Crippen LogP contribution in [-0.4, -0.2) is 85.8 Å². The molecule has 0 spiro atoms. The summed E-state index contributed by atoms with van der Waals surface area (Å²) in [7, 11) is 0.